The van der Waals surface area contributed by atoms with Crippen molar-refractivity contribution in [1.29, 1.82) is 0 Å². The van der Waals surface area contributed by atoms with Crippen molar-refractivity contribution in [3.05, 3.63) is 57.9 Å². The van der Waals surface area contributed by atoms with Gasteiger partial charge in [0, 0.05) is 24.2 Å². The molecule has 41 heavy (non-hydrogen) atoms. The second-order valence-corrected chi connectivity index (χ2v) is 10.7. The van der Waals surface area contributed by atoms with Crippen molar-refractivity contribution in [2.45, 2.75) is 69.8 Å². The average molecular weight is 608 g/mol. The van der Waals surface area contributed by atoms with Crippen molar-refractivity contribution in [2.24, 2.45) is 5.92 Å². The monoisotopic (exact) mass is 607 g/mol. The Morgan fingerprint density at radius 2 is 1.88 bits per heavy atom. The summed E-state index contributed by atoms with van der Waals surface area (Å²) in [5.74, 6) is -3.78. The molecule has 2 aliphatic rings. The van der Waals surface area contributed by atoms with Crippen molar-refractivity contribution in [1.82, 2.24) is 10.3 Å². The minimum Gasteiger partial charge on any atom is -0.449 e. The molecule has 0 bridgehead atoms. The Morgan fingerprint density at radius 1 is 1.17 bits per heavy atom. The number of hydrogen-bond acceptors (Lipinski definition) is 5. The quantitative estimate of drug-likeness (QED) is 0.317. The fourth-order valence-electron chi connectivity index (χ4n) is 4.87. The summed E-state index contributed by atoms with van der Waals surface area (Å²) in [4.78, 5) is 30.9. The molecule has 0 spiro atoms. The van der Waals surface area contributed by atoms with Crippen LogP contribution in [0.2, 0.25) is 5.02 Å². The van der Waals surface area contributed by atoms with E-state index in [0.717, 1.165) is 37.2 Å². The van der Waals surface area contributed by atoms with Gasteiger partial charge in [-0.2, -0.15) is 22.0 Å². The van der Waals surface area contributed by atoms with Gasteiger partial charge in [-0.15, -0.1) is 0 Å². The number of alkyl carbamates (subject to hydrolysis) is 1. The Kier molecular flexibility index (Phi) is 8.95. The highest BCUT2D eigenvalue weighted by Gasteiger charge is 2.46. The molecule has 1 saturated carbocycles. The van der Waals surface area contributed by atoms with Crippen LogP contribution in [0, 0.1) is 5.92 Å². The van der Waals surface area contributed by atoms with Gasteiger partial charge in [0.1, 0.15) is 0 Å². The number of nitrogens with one attached hydrogen (secondary N) is 1. The molecule has 4 rings (SSSR count). The van der Waals surface area contributed by atoms with Crippen LogP contribution in [0.15, 0.2) is 30.5 Å². The molecule has 1 aliphatic carbocycles. The minimum absolute atomic E-state index is 0.0543. The highest BCUT2D eigenvalue weighted by Crippen LogP contribution is 2.48. The van der Waals surface area contributed by atoms with E-state index in [1.54, 1.807) is 13.8 Å². The summed E-state index contributed by atoms with van der Waals surface area (Å²) >= 11 is 5.73. The topological polar surface area (TPSA) is 80.8 Å². The standard InChI is InChI=1S/C27H28ClF6N3O4/c1-14(2)41-25(39)37-22-6-5-16(27(32,33)34)9-18(22)21(11-23(37)15-3-4-15)36-24(38)40-8-7-20-19(26(30,31)13-29)10-17(28)12-35-20/h5-6,9-10,12,14-15,21,23H,3-4,7-8,11,13H2,1-2H3,(H,36,38). The third-order valence-electron chi connectivity index (χ3n) is 6.86. The van der Waals surface area contributed by atoms with Crippen LogP contribution in [0.3, 0.4) is 0 Å². The molecule has 1 N–H and O–H groups in total. The number of alkyl halides is 6. The molecule has 2 unspecified atom stereocenters. The van der Waals surface area contributed by atoms with Crippen LogP contribution >= 0.6 is 11.6 Å². The molecule has 0 radical (unpaired) electrons. The number of halogens is 7. The maximum Gasteiger partial charge on any atom is 0.416 e. The number of pyridine rings is 1. The number of carbonyl (C=O) groups excluding carboxylic acids is 2. The first kappa shape index (κ1) is 30.7. The van der Waals surface area contributed by atoms with Crippen LogP contribution in [0.1, 0.15) is 61.5 Å². The van der Waals surface area contributed by atoms with Gasteiger partial charge in [0.2, 0.25) is 0 Å². The first-order chi connectivity index (χ1) is 19.2. The van der Waals surface area contributed by atoms with E-state index in [0.29, 0.717) is 0 Å². The second kappa shape index (κ2) is 11.9. The van der Waals surface area contributed by atoms with Crippen molar-refractivity contribution in [3.63, 3.8) is 0 Å². The number of anilines is 1. The lowest BCUT2D eigenvalue weighted by molar-refractivity contribution is -0.137. The van der Waals surface area contributed by atoms with Gasteiger partial charge < -0.3 is 14.8 Å². The largest absolute Gasteiger partial charge is 0.449 e. The SMILES string of the molecule is CC(C)OC(=O)N1c2ccc(C(F)(F)F)cc2C(NC(=O)OCCc2ncc(Cl)cc2C(F)(F)CF)CC1C1CC1. The molecule has 2 aromatic rings. The van der Waals surface area contributed by atoms with E-state index in [9.17, 15) is 35.9 Å². The lowest BCUT2D eigenvalue weighted by atomic mass is 9.88. The summed E-state index contributed by atoms with van der Waals surface area (Å²) in [5, 5.41) is 2.44. The van der Waals surface area contributed by atoms with Crippen LogP contribution in [0.5, 0.6) is 0 Å². The molecule has 224 valence electrons. The average Bonchev–Trinajstić information content (AvgIpc) is 3.73. The molecule has 14 heteroatoms. The predicted molar refractivity (Wildman–Crippen MR) is 137 cm³/mol. The lowest BCUT2D eigenvalue weighted by Gasteiger charge is -2.41. The number of rotatable bonds is 8. The summed E-state index contributed by atoms with van der Waals surface area (Å²) < 4.78 is 92.2. The Morgan fingerprint density at radius 3 is 2.49 bits per heavy atom. The van der Waals surface area contributed by atoms with Crippen LogP contribution in [-0.2, 0) is 28.0 Å². The molecular formula is C27H28ClF6N3O4. The van der Waals surface area contributed by atoms with Crippen LogP contribution in [0.4, 0.5) is 41.6 Å². The molecule has 2 heterocycles. The Balaban J connectivity index is 1.55. The van der Waals surface area contributed by atoms with Crippen molar-refractivity contribution in [3.8, 4) is 0 Å². The van der Waals surface area contributed by atoms with E-state index in [2.05, 4.69) is 10.3 Å². The molecule has 2 atom stereocenters. The van der Waals surface area contributed by atoms with E-state index in [1.807, 2.05) is 0 Å². The highest BCUT2D eigenvalue weighted by atomic mass is 35.5. The van der Waals surface area contributed by atoms with Crippen molar-refractivity contribution in [2.75, 3.05) is 18.2 Å². The number of carbonyl (C=O) groups is 2. The maximum absolute atomic E-state index is 14.0. The number of nitrogens with zero attached hydrogens (tertiary/aromatic N) is 2. The van der Waals surface area contributed by atoms with Gasteiger partial charge >= 0.3 is 24.3 Å². The molecule has 1 aromatic carbocycles. The Hall–Kier alpha value is -3.22. The molecule has 1 aliphatic heterocycles. The summed E-state index contributed by atoms with van der Waals surface area (Å²) in [5.41, 5.74) is -1.69. The number of amides is 2. The van der Waals surface area contributed by atoms with E-state index in [4.69, 9.17) is 21.1 Å². The smallest absolute Gasteiger partial charge is 0.416 e. The lowest BCUT2D eigenvalue weighted by Crippen LogP contribution is -2.49. The number of aromatic nitrogens is 1. The van der Waals surface area contributed by atoms with Crippen molar-refractivity contribution < 1.29 is 45.4 Å². The highest BCUT2D eigenvalue weighted by molar-refractivity contribution is 6.30. The zero-order chi connectivity index (χ0) is 30.1. The van der Waals surface area contributed by atoms with Gasteiger partial charge in [0.15, 0.2) is 6.67 Å². The van der Waals surface area contributed by atoms with Crippen molar-refractivity contribution >= 4 is 29.5 Å². The third-order valence-corrected chi connectivity index (χ3v) is 7.07. The second-order valence-electron chi connectivity index (χ2n) is 10.3. The fourth-order valence-corrected chi connectivity index (χ4v) is 5.03. The first-order valence-corrected chi connectivity index (χ1v) is 13.3. The predicted octanol–water partition coefficient (Wildman–Crippen LogP) is 7.36. The normalized spacial score (nSPS) is 19.1. The number of ether oxygens (including phenoxy) is 2. The number of hydrogen-bond donors (Lipinski definition) is 1. The van der Waals surface area contributed by atoms with Gasteiger partial charge in [0.25, 0.3) is 0 Å². The number of fused-ring (bicyclic) bond motifs is 1. The summed E-state index contributed by atoms with van der Waals surface area (Å²) in [6.45, 7) is 0.900. The molecule has 1 fully saturated rings. The van der Waals surface area contributed by atoms with E-state index < -0.39 is 66.9 Å². The van der Waals surface area contributed by atoms with Gasteiger partial charge in [-0.05, 0) is 68.9 Å². The summed E-state index contributed by atoms with van der Waals surface area (Å²) in [6, 6.07) is 2.42. The molecule has 7 nitrogen and oxygen atoms in total. The Bertz CT molecular complexity index is 1290. The van der Waals surface area contributed by atoms with Gasteiger partial charge in [0.05, 0.1) is 40.7 Å². The summed E-state index contributed by atoms with van der Waals surface area (Å²) in [7, 11) is 0. The Labute approximate surface area is 237 Å². The number of benzene rings is 1. The minimum atomic E-state index is -4.68. The van der Waals surface area contributed by atoms with Crippen LogP contribution in [0.25, 0.3) is 0 Å². The van der Waals surface area contributed by atoms with Crippen LogP contribution < -0.4 is 10.2 Å². The molecular weight excluding hydrogens is 580 g/mol. The first-order valence-electron chi connectivity index (χ1n) is 12.9. The van der Waals surface area contributed by atoms with Gasteiger partial charge in [-0.25, -0.2) is 14.0 Å². The van der Waals surface area contributed by atoms with Gasteiger partial charge in [-0.3, -0.25) is 9.88 Å². The molecule has 2 amide bonds. The van der Waals surface area contributed by atoms with E-state index in [-0.39, 0.29) is 40.7 Å². The fraction of sp³-hybridized carbons (Fsp3) is 0.519. The van der Waals surface area contributed by atoms with E-state index >= 15 is 0 Å². The summed E-state index contributed by atoms with van der Waals surface area (Å²) in [6.07, 6.45) is -4.36. The van der Waals surface area contributed by atoms with Gasteiger partial charge in [-0.1, -0.05) is 11.6 Å². The van der Waals surface area contributed by atoms with E-state index in [1.165, 1.54) is 11.0 Å². The third kappa shape index (κ3) is 7.17. The maximum atomic E-state index is 14.0. The zero-order valence-electron chi connectivity index (χ0n) is 22.1. The zero-order valence-corrected chi connectivity index (χ0v) is 22.9. The van der Waals surface area contributed by atoms with Crippen LogP contribution in [-0.4, -0.2) is 42.6 Å². The molecule has 0 saturated heterocycles. The molecule has 1 aromatic heterocycles.